The van der Waals surface area contributed by atoms with Gasteiger partial charge in [0, 0.05) is 38.9 Å². The quantitative estimate of drug-likeness (QED) is 0.475. The van der Waals surface area contributed by atoms with Gasteiger partial charge in [0.2, 0.25) is 15.9 Å². The van der Waals surface area contributed by atoms with Crippen LogP contribution in [0.4, 0.5) is 4.39 Å². The van der Waals surface area contributed by atoms with Crippen LogP contribution in [0.2, 0.25) is 0 Å². The minimum atomic E-state index is -3.93. The second kappa shape index (κ2) is 9.94. The molecule has 1 saturated heterocycles. The van der Waals surface area contributed by atoms with E-state index >= 15 is 0 Å². The van der Waals surface area contributed by atoms with Crippen molar-refractivity contribution in [1.29, 1.82) is 0 Å². The smallest absolute Gasteiger partial charge is 0.243 e. The van der Waals surface area contributed by atoms with Crippen LogP contribution in [0.5, 0.6) is 0 Å². The van der Waals surface area contributed by atoms with Gasteiger partial charge < -0.3 is 10.1 Å². The number of carbonyl (C=O) groups excluding carboxylic acids is 1. The molecule has 0 bridgehead atoms. The Morgan fingerprint density at radius 2 is 2.09 bits per heavy atom. The summed E-state index contributed by atoms with van der Waals surface area (Å²) >= 11 is 0. The Labute approximate surface area is 191 Å². The fourth-order valence-electron chi connectivity index (χ4n) is 4.00. The van der Waals surface area contributed by atoms with E-state index in [0.29, 0.717) is 37.1 Å². The molecule has 33 heavy (non-hydrogen) atoms. The molecule has 9 nitrogen and oxygen atoms in total. The van der Waals surface area contributed by atoms with E-state index in [1.807, 2.05) is 0 Å². The Balaban J connectivity index is 1.50. The van der Waals surface area contributed by atoms with E-state index in [2.05, 4.69) is 15.6 Å². The Bertz CT molecular complexity index is 1250. The van der Waals surface area contributed by atoms with Gasteiger partial charge in [-0.15, -0.1) is 5.10 Å². The molecule has 0 spiro atoms. The molecule has 1 atom stereocenters. The summed E-state index contributed by atoms with van der Waals surface area (Å²) in [5.41, 5.74) is 1.54. The zero-order chi connectivity index (χ0) is 23.4. The molecule has 4 rings (SSSR count). The standard InChI is InChI=1S/C22H26FN5O4S/c1-32-13-5-11-27-20-10-9-17(14-19(20)25-26-27)33(30,31)28-12-4-8-21(28)22(29)24-15-16-6-2-3-7-18(16)23/h2-3,6-7,9-10,14,21H,4-5,8,11-13,15H2,1H3,(H,24,29)/t21-/m1/s1. The molecule has 1 aromatic heterocycles. The number of carbonyl (C=O) groups is 1. The SMILES string of the molecule is COCCCn1nnc2cc(S(=O)(=O)N3CCC[C@@H]3C(=O)NCc3ccccc3F)ccc21. The molecule has 1 aliphatic heterocycles. The van der Waals surface area contributed by atoms with E-state index in [4.69, 9.17) is 4.74 Å². The minimum absolute atomic E-state index is 0.00592. The van der Waals surface area contributed by atoms with Gasteiger partial charge in [-0.1, -0.05) is 23.4 Å². The summed E-state index contributed by atoms with van der Waals surface area (Å²) in [6.45, 7) is 1.42. The zero-order valence-electron chi connectivity index (χ0n) is 18.3. The van der Waals surface area contributed by atoms with Gasteiger partial charge in [-0.05, 0) is 43.5 Å². The summed E-state index contributed by atoms with van der Waals surface area (Å²) in [6.07, 6.45) is 1.72. The highest BCUT2D eigenvalue weighted by atomic mass is 32.2. The molecule has 1 N–H and O–H groups in total. The van der Waals surface area contributed by atoms with Gasteiger partial charge >= 0.3 is 0 Å². The highest BCUT2D eigenvalue weighted by Gasteiger charge is 2.39. The number of methoxy groups -OCH3 is 1. The minimum Gasteiger partial charge on any atom is -0.385 e. The van der Waals surface area contributed by atoms with Crippen molar-refractivity contribution in [2.24, 2.45) is 0 Å². The third-order valence-electron chi connectivity index (χ3n) is 5.73. The largest absolute Gasteiger partial charge is 0.385 e. The number of rotatable bonds is 9. The predicted molar refractivity (Wildman–Crippen MR) is 119 cm³/mol. The van der Waals surface area contributed by atoms with Crippen molar-refractivity contribution in [3.8, 4) is 0 Å². The molecule has 0 unspecified atom stereocenters. The number of aromatic nitrogens is 3. The molecule has 1 aliphatic rings. The summed E-state index contributed by atoms with van der Waals surface area (Å²) in [5, 5.41) is 10.9. The van der Waals surface area contributed by atoms with Crippen LogP contribution in [0.25, 0.3) is 11.0 Å². The first-order valence-corrected chi connectivity index (χ1v) is 12.2. The number of hydrogen-bond acceptors (Lipinski definition) is 6. The molecule has 0 aliphatic carbocycles. The lowest BCUT2D eigenvalue weighted by molar-refractivity contribution is -0.124. The van der Waals surface area contributed by atoms with E-state index in [-0.39, 0.29) is 18.0 Å². The number of sulfonamides is 1. The van der Waals surface area contributed by atoms with Crippen molar-refractivity contribution in [3.63, 3.8) is 0 Å². The second-order valence-electron chi connectivity index (χ2n) is 7.89. The van der Waals surface area contributed by atoms with Crippen LogP contribution >= 0.6 is 0 Å². The Hall–Kier alpha value is -2.89. The van der Waals surface area contributed by atoms with Crippen LogP contribution in [0.15, 0.2) is 47.4 Å². The molecular weight excluding hydrogens is 449 g/mol. The van der Waals surface area contributed by atoms with Gasteiger partial charge in [-0.25, -0.2) is 17.5 Å². The number of ether oxygens (including phenoxy) is 1. The average Bonchev–Trinajstić information content (AvgIpc) is 3.46. The Morgan fingerprint density at radius 1 is 1.27 bits per heavy atom. The van der Waals surface area contributed by atoms with E-state index < -0.39 is 27.8 Å². The Kier molecular flexibility index (Phi) is 7.01. The van der Waals surface area contributed by atoms with Crippen LogP contribution in [0.3, 0.4) is 0 Å². The van der Waals surface area contributed by atoms with Gasteiger partial charge in [0.15, 0.2) is 0 Å². The molecule has 0 radical (unpaired) electrons. The number of hydrogen-bond donors (Lipinski definition) is 1. The van der Waals surface area contributed by atoms with Crippen molar-refractivity contribution in [1.82, 2.24) is 24.6 Å². The van der Waals surface area contributed by atoms with E-state index in [1.165, 1.54) is 22.5 Å². The first-order chi connectivity index (χ1) is 15.9. The Morgan fingerprint density at radius 3 is 2.88 bits per heavy atom. The maximum atomic E-state index is 13.8. The lowest BCUT2D eigenvalue weighted by Crippen LogP contribution is -2.45. The van der Waals surface area contributed by atoms with Gasteiger partial charge in [0.05, 0.1) is 10.4 Å². The van der Waals surface area contributed by atoms with Crippen LogP contribution in [-0.2, 0) is 32.6 Å². The van der Waals surface area contributed by atoms with Crippen molar-refractivity contribution in [3.05, 3.63) is 53.8 Å². The average molecular weight is 476 g/mol. The number of nitrogens with one attached hydrogen (secondary N) is 1. The van der Waals surface area contributed by atoms with E-state index in [9.17, 15) is 17.6 Å². The summed E-state index contributed by atoms with van der Waals surface area (Å²) in [5.74, 6) is -0.859. The van der Waals surface area contributed by atoms with Gasteiger partial charge in [0.25, 0.3) is 0 Å². The summed E-state index contributed by atoms with van der Waals surface area (Å²) < 4.78 is 48.5. The number of fused-ring (bicyclic) bond motifs is 1. The van der Waals surface area contributed by atoms with Crippen molar-refractivity contribution in [2.45, 2.75) is 43.3 Å². The molecule has 2 heterocycles. The second-order valence-corrected chi connectivity index (χ2v) is 9.78. The molecule has 1 amide bonds. The summed E-state index contributed by atoms with van der Waals surface area (Å²) in [4.78, 5) is 12.8. The third-order valence-corrected chi connectivity index (χ3v) is 7.63. The summed E-state index contributed by atoms with van der Waals surface area (Å²) in [7, 11) is -2.30. The van der Waals surface area contributed by atoms with Crippen LogP contribution in [0, 0.1) is 5.82 Å². The predicted octanol–water partition coefficient (Wildman–Crippen LogP) is 2.08. The number of aryl methyl sites for hydroxylation is 1. The van der Waals surface area contributed by atoms with E-state index in [1.54, 1.807) is 36.1 Å². The highest BCUT2D eigenvalue weighted by Crippen LogP contribution is 2.28. The fraction of sp³-hybridized carbons (Fsp3) is 0.409. The first-order valence-electron chi connectivity index (χ1n) is 10.8. The van der Waals surface area contributed by atoms with Gasteiger partial charge in [-0.3, -0.25) is 4.79 Å². The van der Waals surface area contributed by atoms with Crippen LogP contribution in [0.1, 0.15) is 24.8 Å². The third kappa shape index (κ3) is 4.90. The summed E-state index contributed by atoms with van der Waals surface area (Å²) in [6, 6.07) is 9.98. The molecule has 176 valence electrons. The van der Waals surface area contributed by atoms with Crippen LogP contribution in [-0.4, -0.2) is 59.9 Å². The fourth-order valence-corrected chi connectivity index (χ4v) is 5.68. The molecular formula is C22H26FN5O4S. The molecule has 11 heteroatoms. The maximum absolute atomic E-state index is 13.8. The van der Waals surface area contributed by atoms with Crippen LogP contribution < -0.4 is 5.32 Å². The van der Waals surface area contributed by atoms with E-state index in [0.717, 1.165) is 11.9 Å². The normalized spacial score (nSPS) is 17.0. The lowest BCUT2D eigenvalue weighted by Gasteiger charge is -2.23. The van der Waals surface area contributed by atoms with Gasteiger partial charge in [-0.2, -0.15) is 4.31 Å². The number of nitrogens with zero attached hydrogens (tertiary/aromatic N) is 4. The van der Waals surface area contributed by atoms with Crippen molar-refractivity contribution in [2.75, 3.05) is 20.3 Å². The number of amides is 1. The number of benzene rings is 2. The van der Waals surface area contributed by atoms with Crippen molar-refractivity contribution >= 4 is 27.0 Å². The highest BCUT2D eigenvalue weighted by molar-refractivity contribution is 7.89. The number of halogens is 1. The monoisotopic (exact) mass is 475 g/mol. The first kappa shape index (κ1) is 23.3. The molecule has 2 aromatic carbocycles. The zero-order valence-corrected chi connectivity index (χ0v) is 19.1. The van der Waals surface area contributed by atoms with Crippen molar-refractivity contribution < 1.29 is 22.3 Å². The lowest BCUT2D eigenvalue weighted by atomic mass is 10.2. The maximum Gasteiger partial charge on any atom is 0.243 e. The topological polar surface area (TPSA) is 106 Å². The molecule has 0 saturated carbocycles. The van der Waals surface area contributed by atoms with Gasteiger partial charge in [0.1, 0.15) is 17.4 Å². The molecule has 1 fully saturated rings. The molecule has 3 aromatic rings.